The third-order valence-corrected chi connectivity index (χ3v) is 2.26. The third-order valence-electron chi connectivity index (χ3n) is 2.26. The Morgan fingerprint density at radius 1 is 1.50 bits per heavy atom. The summed E-state index contributed by atoms with van der Waals surface area (Å²) >= 11 is 0. The van der Waals surface area contributed by atoms with Crippen molar-refractivity contribution >= 4 is 5.91 Å². The van der Waals surface area contributed by atoms with Crippen LogP contribution in [0.1, 0.15) is 36.2 Å². The average molecular weight is 216 g/mol. The molecular weight excluding hydrogens is 200 g/mol. The number of carbonyl (C=O) groups is 1. The van der Waals surface area contributed by atoms with Crippen molar-refractivity contribution in [2.45, 2.75) is 20.3 Å². The van der Waals surface area contributed by atoms with Gasteiger partial charge in [-0.2, -0.15) is 5.26 Å². The zero-order valence-electron chi connectivity index (χ0n) is 9.66. The molecule has 3 heteroatoms. The minimum atomic E-state index is -0.113. The molecule has 0 saturated heterocycles. The van der Waals surface area contributed by atoms with E-state index in [1.54, 1.807) is 24.3 Å². The largest absolute Gasteiger partial charge is 0.352 e. The van der Waals surface area contributed by atoms with E-state index in [0.29, 0.717) is 23.6 Å². The van der Waals surface area contributed by atoms with Crippen LogP contribution in [0.25, 0.3) is 0 Å². The molecule has 0 heterocycles. The molecule has 0 spiro atoms. The van der Waals surface area contributed by atoms with Crippen LogP contribution in [0.4, 0.5) is 0 Å². The third kappa shape index (κ3) is 3.74. The van der Waals surface area contributed by atoms with Gasteiger partial charge in [0, 0.05) is 12.1 Å². The van der Waals surface area contributed by atoms with Gasteiger partial charge in [-0.05, 0) is 30.5 Å². The first-order chi connectivity index (χ1) is 7.63. The molecule has 84 valence electrons. The average Bonchev–Trinajstić information content (AvgIpc) is 2.28. The van der Waals surface area contributed by atoms with E-state index in [1.165, 1.54) is 0 Å². The normalized spacial score (nSPS) is 9.88. The Bertz CT molecular complexity index is 405. The van der Waals surface area contributed by atoms with Gasteiger partial charge in [-0.15, -0.1) is 0 Å². The van der Waals surface area contributed by atoms with E-state index < -0.39 is 0 Å². The number of hydrogen-bond donors (Lipinski definition) is 1. The zero-order valence-corrected chi connectivity index (χ0v) is 9.66. The second kappa shape index (κ2) is 5.92. The first-order valence-corrected chi connectivity index (χ1v) is 5.42. The van der Waals surface area contributed by atoms with Gasteiger partial charge in [0.15, 0.2) is 0 Å². The molecule has 0 aromatic heterocycles. The van der Waals surface area contributed by atoms with E-state index in [9.17, 15) is 4.79 Å². The molecule has 0 saturated carbocycles. The second-order valence-electron chi connectivity index (χ2n) is 4.13. The molecule has 0 unspecified atom stereocenters. The Hall–Kier alpha value is -1.82. The van der Waals surface area contributed by atoms with E-state index in [4.69, 9.17) is 5.26 Å². The minimum Gasteiger partial charge on any atom is -0.352 e. The summed E-state index contributed by atoms with van der Waals surface area (Å²) in [6.45, 7) is 4.90. The highest BCUT2D eigenvalue weighted by atomic mass is 16.1. The zero-order chi connectivity index (χ0) is 12.0. The van der Waals surface area contributed by atoms with Gasteiger partial charge in [0.1, 0.15) is 0 Å². The number of nitrogens with zero attached hydrogens (tertiary/aromatic N) is 1. The fourth-order valence-corrected chi connectivity index (χ4v) is 1.31. The Kier molecular flexibility index (Phi) is 4.53. The molecule has 1 aromatic rings. The van der Waals surface area contributed by atoms with Crippen LogP contribution in [0.2, 0.25) is 0 Å². The summed E-state index contributed by atoms with van der Waals surface area (Å²) in [6, 6.07) is 8.74. The topological polar surface area (TPSA) is 52.9 Å². The monoisotopic (exact) mass is 216 g/mol. The molecule has 3 nitrogen and oxygen atoms in total. The number of hydrogen-bond acceptors (Lipinski definition) is 2. The van der Waals surface area contributed by atoms with Crippen LogP contribution in [0.3, 0.4) is 0 Å². The van der Waals surface area contributed by atoms with Crippen molar-refractivity contribution in [1.82, 2.24) is 5.32 Å². The van der Waals surface area contributed by atoms with Crippen molar-refractivity contribution < 1.29 is 4.79 Å². The van der Waals surface area contributed by atoms with E-state index in [1.807, 2.05) is 6.07 Å². The molecule has 16 heavy (non-hydrogen) atoms. The number of nitrogens with one attached hydrogen (secondary N) is 1. The van der Waals surface area contributed by atoms with Crippen molar-refractivity contribution in [2.24, 2.45) is 5.92 Å². The van der Waals surface area contributed by atoms with Crippen molar-refractivity contribution in [2.75, 3.05) is 6.54 Å². The van der Waals surface area contributed by atoms with Gasteiger partial charge in [0.25, 0.3) is 5.91 Å². The molecule has 1 rings (SSSR count). The van der Waals surface area contributed by atoms with Gasteiger partial charge in [-0.25, -0.2) is 0 Å². The fourth-order valence-electron chi connectivity index (χ4n) is 1.31. The van der Waals surface area contributed by atoms with Gasteiger partial charge in [0.05, 0.1) is 11.6 Å². The molecule has 0 radical (unpaired) electrons. The van der Waals surface area contributed by atoms with Crippen molar-refractivity contribution in [3.63, 3.8) is 0 Å². The van der Waals surface area contributed by atoms with Crippen LogP contribution < -0.4 is 5.32 Å². The van der Waals surface area contributed by atoms with Gasteiger partial charge in [-0.3, -0.25) is 4.79 Å². The quantitative estimate of drug-likeness (QED) is 0.839. The number of benzene rings is 1. The molecule has 0 fully saturated rings. The maximum Gasteiger partial charge on any atom is 0.251 e. The molecule has 0 atom stereocenters. The molecule has 0 bridgehead atoms. The highest BCUT2D eigenvalue weighted by molar-refractivity contribution is 5.94. The minimum absolute atomic E-state index is 0.113. The van der Waals surface area contributed by atoms with E-state index in [0.717, 1.165) is 6.42 Å². The summed E-state index contributed by atoms with van der Waals surface area (Å²) in [4.78, 5) is 11.7. The van der Waals surface area contributed by atoms with Crippen LogP contribution in [0.15, 0.2) is 24.3 Å². The number of carbonyl (C=O) groups excluding carboxylic acids is 1. The highest BCUT2D eigenvalue weighted by Gasteiger charge is 2.05. The first kappa shape index (κ1) is 12.3. The number of rotatable bonds is 4. The predicted octanol–water partition coefficient (Wildman–Crippen LogP) is 2.33. The number of amides is 1. The van der Waals surface area contributed by atoms with Crippen molar-refractivity contribution in [3.05, 3.63) is 35.4 Å². The summed E-state index contributed by atoms with van der Waals surface area (Å²) in [5, 5.41) is 11.5. The van der Waals surface area contributed by atoms with Gasteiger partial charge < -0.3 is 5.32 Å². The molecule has 0 aliphatic carbocycles. The van der Waals surface area contributed by atoms with E-state index in [-0.39, 0.29) is 5.91 Å². The summed E-state index contributed by atoms with van der Waals surface area (Å²) in [6.07, 6.45) is 0.962. The molecule has 1 amide bonds. The first-order valence-electron chi connectivity index (χ1n) is 5.42. The summed E-state index contributed by atoms with van der Waals surface area (Å²) < 4.78 is 0. The van der Waals surface area contributed by atoms with Crippen LogP contribution >= 0.6 is 0 Å². The van der Waals surface area contributed by atoms with E-state index in [2.05, 4.69) is 19.2 Å². The SMILES string of the molecule is CC(C)CCNC(=O)c1cccc(C#N)c1. The molecule has 1 aromatic carbocycles. The Morgan fingerprint density at radius 2 is 2.25 bits per heavy atom. The summed E-state index contributed by atoms with van der Waals surface area (Å²) in [5.41, 5.74) is 1.05. The highest BCUT2D eigenvalue weighted by Crippen LogP contribution is 2.04. The molecular formula is C13H16N2O. The van der Waals surface area contributed by atoms with Crippen LogP contribution in [0.5, 0.6) is 0 Å². The standard InChI is InChI=1S/C13H16N2O/c1-10(2)6-7-15-13(16)12-5-3-4-11(8-12)9-14/h3-5,8,10H,6-7H2,1-2H3,(H,15,16). The second-order valence-corrected chi connectivity index (χ2v) is 4.13. The van der Waals surface area contributed by atoms with Gasteiger partial charge >= 0.3 is 0 Å². The molecule has 0 aliphatic rings. The van der Waals surface area contributed by atoms with Crippen molar-refractivity contribution in [3.8, 4) is 6.07 Å². The number of nitriles is 1. The van der Waals surface area contributed by atoms with Crippen LogP contribution in [-0.4, -0.2) is 12.5 Å². The maximum absolute atomic E-state index is 11.7. The lowest BCUT2D eigenvalue weighted by molar-refractivity contribution is 0.0952. The lowest BCUT2D eigenvalue weighted by atomic mass is 10.1. The lowest BCUT2D eigenvalue weighted by Crippen LogP contribution is -2.25. The summed E-state index contributed by atoms with van der Waals surface area (Å²) in [5.74, 6) is 0.462. The molecule has 0 aliphatic heterocycles. The lowest BCUT2D eigenvalue weighted by Gasteiger charge is -2.07. The van der Waals surface area contributed by atoms with Gasteiger partial charge in [-0.1, -0.05) is 19.9 Å². The Morgan fingerprint density at radius 3 is 2.88 bits per heavy atom. The predicted molar refractivity (Wildman–Crippen MR) is 62.9 cm³/mol. The fraction of sp³-hybridized carbons (Fsp3) is 0.385. The van der Waals surface area contributed by atoms with E-state index >= 15 is 0 Å². The smallest absolute Gasteiger partial charge is 0.251 e. The van der Waals surface area contributed by atoms with Crippen LogP contribution in [0, 0.1) is 17.2 Å². The van der Waals surface area contributed by atoms with Gasteiger partial charge in [0.2, 0.25) is 0 Å². The Labute approximate surface area is 96.1 Å². The molecule has 1 N–H and O–H groups in total. The summed E-state index contributed by atoms with van der Waals surface area (Å²) in [7, 11) is 0. The maximum atomic E-state index is 11.7. The Balaban J connectivity index is 2.56. The van der Waals surface area contributed by atoms with Crippen LogP contribution in [-0.2, 0) is 0 Å². The van der Waals surface area contributed by atoms with Crippen molar-refractivity contribution in [1.29, 1.82) is 5.26 Å².